The van der Waals surface area contributed by atoms with Gasteiger partial charge in [0.1, 0.15) is 0 Å². The summed E-state index contributed by atoms with van der Waals surface area (Å²) in [5.74, 6) is 0.792. The summed E-state index contributed by atoms with van der Waals surface area (Å²) in [6, 6.07) is 0. The van der Waals surface area contributed by atoms with E-state index in [1.807, 2.05) is 6.92 Å². The van der Waals surface area contributed by atoms with Crippen LogP contribution in [0.15, 0.2) is 0 Å². The summed E-state index contributed by atoms with van der Waals surface area (Å²) < 4.78 is 0. The number of aliphatic hydroxyl groups excluding tert-OH is 1. The Balaban J connectivity index is 1.98. The van der Waals surface area contributed by atoms with Gasteiger partial charge in [0.25, 0.3) is 0 Å². The average molecular weight is 198 g/mol. The summed E-state index contributed by atoms with van der Waals surface area (Å²) in [5, 5.41) is 18.2. The fraction of sp³-hybridized carbons (Fsp3) is 0.909. The Morgan fingerprint density at radius 1 is 1.36 bits per heavy atom. The molecule has 0 heterocycles. The highest BCUT2D eigenvalue weighted by Crippen LogP contribution is 2.51. The van der Waals surface area contributed by atoms with E-state index in [4.69, 9.17) is 5.11 Å². The quantitative estimate of drug-likeness (QED) is 0.722. The molecule has 0 radical (unpaired) electrons. The molecule has 2 fully saturated rings. The van der Waals surface area contributed by atoms with E-state index in [1.54, 1.807) is 0 Å². The summed E-state index contributed by atoms with van der Waals surface area (Å²) >= 11 is 0. The second-order valence-electron chi connectivity index (χ2n) is 4.98. The molecule has 0 saturated heterocycles. The number of aliphatic hydroxyl groups is 1. The van der Waals surface area contributed by atoms with Crippen molar-refractivity contribution in [3.05, 3.63) is 0 Å². The lowest BCUT2D eigenvalue weighted by Gasteiger charge is -2.29. The van der Waals surface area contributed by atoms with E-state index >= 15 is 0 Å². The van der Waals surface area contributed by atoms with Gasteiger partial charge in [-0.25, -0.2) is 4.79 Å². The van der Waals surface area contributed by atoms with E-state index in [1.165, 1.54) is 19.3 Å². The minimum Gasteiger partial charge on any atom is -0.479 e. The number of carboxylic acids is 1. The highest BCUT2D eigenvalue weighted by molar-refractivity contribution is 5.72. The molecule has 5 unspecified atom stereocenters. The van der Waals surface area contributed by atoms with Crippen molar-refractivity contribution in [1.82, 2.24) is 0 Å². The molecule has 2 aliphatic carbocycles. The lowest BCUT2D eigenvalue weighted by molar-refractivity contribution is -0.150. The van der Waals surface area contributed by atoms with Gasteiger partial charge in [-0.2, -0.15) is 0 Å². The Hall–Kier alpha value is -0.570. The number of carbonyl (C=O) groups is 1. The maximum atomic E-state index is 10.7. The summed E-state index contributed by atoms with van der Waals surface area (Å²) in [6.45, 7) is 1.88. The van der Waals surface area contributed by atoms with Gasteiger partial charge in [0.15, 0.2) is 6.10 Å². The molecule has 0 spiro atoms. The predicted molar refractivity (Wildman–Crippen MR) is 51.7 cm³/mol. The topological polar surface area (TPSA) is 57.5 Å². The lowest BCUT2D eigenvalue weighted by Crippen LogP contribution is -2.34. The van der Waals surface area contributed by atoms with Gasteiger partial charge in [0.05, 0.1) is 0 Å². The van der Waals surface area contributed by atoms with Gasteiger partial charge >= 0.3 is 5.97 Å². The minimum absolute atomic E-state index is 0.0807. The highest BCUT2D eigenvalue weighted by Gasteiger charge is 2.44. The standard InChI is InChI=1S/C11H18O3/c1-6(10(12)11(13)14)9-5-7-2-3-8(9)4-7/h6-10,12H,2-5H2,1H3,(H,13,14). The Labute approximate surface area is 84.1 Å². The van der Waals surface area contributed by atoms with E-state index in [9.17, 15) is 9.90 Å². The van der Waals surface area contributed by atoms with Crippen molar-refractivity contribution < 1.29 is 15.0 Å². The number of carboxylic acid groups (broad SMARTS) is 1. The number of hydrogen-bond acceptors (Lipinski definition) is 2. The van der Waals surface area contributed by atoms with Crippen LogP contribution in [-0.4, -0.2) is 22.3 Å². The first kappa shape index (κ1) is 9.97. The van der Waals surface area contributed by atoms with E-state index < -0.39 is 12.1 Å². The van der Waals surface area contributed by atoms with Crippen molar-refractivity contribution in [1.29, 1.82) is 0 Å². The van der Waals surface area contributed by atoms with Crippen molar-refractivity contribution >= 4 is 5.97 Å². The number of rotatable bonds is 3. The molecule has 3 nitrogen and oxygen atoms in total. The third-order valence-corrected chi connectivity index (χ3v) is 4.22. The Morgan fingerprint density at radius 3 is 2.50 bits per heavy atom. The van der Waals surface area contributed by atoms with Crippen LogP contribution in [0, 0.1) is 23.7 Å². The molecule has 2 N–H and O–H groups in total. The molecule has 0 aromatic heterocycles. The lowest BCUT2D eigenvalue weighted by atomic mass is 9.78. The van der Waals surface area contributed by atoms with Crippen LogP contribution in [0.2, 0.25) is 0 Å². The van der Waals surface area contributed by atoms with Gasteiger partial charge in [0, 0.05) is 0 Å². The molecule has 14 heavy (non-hydrogen) atoms. The predicted octanol–water partition coefficient (Wildman–Crippen LogP) is 1.50. The molecule has 2 rings (SSSR count). The minimum atomic E-state index is -1.17. The number of fused-ring (bicyclic) bond motifs is 2. The van der Waals surface area contributed by atoms with E-state index in [2.05, 4.69) is 0 Å². The Morgan fingerprint density at radius 2 is 2.07 bits per heavy atom. The second kappa shape index (κ2) is 3.54. The SMILES string of the molecule is CC(C(O)C(=O)O)C1CC2CCC1C2. The summed E-state index contributed by atoms with van der Waals surface area (Å²) in [6.07, 6.45) is 3.79. The van der Waals surface area contributed by atoms with Crippen molar-refractivity contribution in [3.8, 4) is 0 Å². The van der Waals surface area contributed by atoms with Crippen LogP contribution in [0.25, 0.3) is 0 Å². The van der Waals surface area contributed by atoms with E-state index in [0.717, 1.165) is 12.3 Å². The number of aliphatic carboxylic acids is 1. The smallest absolute Gasteiger partial charge is 0.332 e. The zero-order chi connectivity index (χ0) is 10.3. The van der Waals surface area contributed by atoms with Crippen LogP contribution in [0.4, 0.5) is 0 Å². The van der Waals surface area contributed by atoms with Crippen LogP contribution in [0.5, 0.6) is 0 Å². The molecule has 2 bridgehead atoms. The molecule has 0 amide bonds. The van der Waals surface area contributed by atoms with Gasteiger partial charge < -0.3 is 10.2 Å². The van der Waals surface area contributed by atoms with Crippen LogP contribution < -0.4 is 0 Å². The van der Waals surface area contributed by atoms with Crippen molar-refractivity contribution in [2.24, 2.45) is 23.7 Å². The molecule has 0 aliphatic heterocycles. The fourth-order valence-corrected chi connectivity index (χ4v) is 3.40. The monoisotopic (exact) mass is 198 g/mol. The normalized spacial score (nSPS) is 39.7. The van der Waals surface area contributed by atoms with E-state index in [0.29, 0.717) is 11.8 Å². The van der Waals surface area contributed by atoms with Gasteiger partial charge in [0.2, 0.25) is 0 Å². The van der Waals surface area contributed by atoms with Crippen molar-refractivity contribution in [2.75, 3.05) is 0 Å². The van der Waals surface area contributed by atoms with E-state index in [-0.39, 0.29) is 5.92 Å². The molecule has 2 saturated carbocycles. The van der Waals surface area contributed by atoms with Gasteiger partial charge in [-0.3, -0.25) is 0 Å². The van der Waals surface area contributed by atoms with Gasteiger partial charge in [-0.1, -0.05) is 13.3 Å². The summed E-state index contributed by atoms with van der Waals surface area (Å²) in [5.41, 5.74) is 0. The van der Waals surface area contributed by atoms with Gasteiger partial charge in [-0.15, -0.1) is 0 Å². The first-order valence-corrected chi connectivity index (χ1v) is 5.50. The van der Waals surface area contributed by atoms with Crippen molar-refractivity contribution in [2.45, 2.75) is 38.7 Å². The van der Waals surface area contributed by atoms with Crippen molar-refractivity contribution in [3.63, 3.8) is 0 Å². The third-order valence-electron chi connectivity index (χ3n) is 4.22. The molecule has 0 aromatic rings. The average Bonchev–Trinajstić information content (AvgIpc) is 2.76. The third kappa shape index (κ3) is 1.54. The molecular weight excluding hydrogens is 180 g/mol. The molecule has 0 aromatic carbocycles. The van der Waals surface area contributed by atoms with Crippen LogP contribution in [0.1, 0.15) is 32.6 Å². The Bertz CT molecular complexity index is 239. The van der Waals surface area contributed by atoms with Gasteiger partial charge in [-0.05, 0) is 42.9 Å². The molecule has 2 aliphatic rings. The van der Waals surface area contributed by atoms with Crippen LogP contribution in [0.3, 0.4) is 0 Å². The zero-order valence-electron chi connectivity index (χ0n) is 8.52. The zero-order valence-corrected chi connectivity index (χ0v) is 8.52. The van der Waals surface area contributed by atoms with Crippen LogP contribution >= 0.6 is 0 Å². The molecule has 5 atom stereocenters. The molecular formula is C11H18O3. The molecule has 80 valence electrons. The Kier molecular flexibility index (Phi) is 2.52. The maximum absolute atomic E-state index is 10.7. The first-order valence-electron chi connectivity index (χ1n) is 5.50. The second-order valence-corrected chi connectivity index (χ2v) is 4.98. The maximum Gasteiger partial charge on any atom is 0.332 e. The fourth-order valence-electron chi connectivity index (χ4n) is 3.40. The largest absolute Gasteiger partial charge is 0.479 e. The highest BCUT2D eigenvalue weighted by atomic mass is 16.4. The van der Waals surface area contributed by atoms with Crippen LogP contribution in [-0.2, 0) is 4.79 Å². The summed E-state index contributed by atoms with van der Waals surface area (Å²) in [4.78, 5) is 10.7. The first-order chi connectivity index (χ1) is 6.59. The summed E-state index contributed by atoms with van der Waals surface area (Å²) in [7, 11) is 0. The molecule has 3 heteroatoms. The number of hydrogen-bond donors (Lipinski definition) is 2.